The van der Waals surface area contributed by atoms with E-state index in [1.807, 2.05) is 0 Å². The number of nitrogens with zero attached hydrogens (tertiary/aromatic N) is 3. The predicted molar refractivity (Wildman–Crippen MR) is 107 cm³/mol. The van der Waals surface area contributed by atoms with E-state index in [2.05, 4.69) is 71.3 Å². The lowest BCUT2D eigenvalue weighted by molar-refractivity contribution is 0.123. The van der Waals surface area contributed by atoms with Gasteiger partial charge in [-0.05, 0) is 24.1 Å². The molecule has 4 nitrogen and oxygen atoms in total. The number of morpholine rings is 1. The van der Waals surface area contributed by atoms with Gasteiger partial charge in [0.2, 0.25) is 0 Å². The van der Waals surface area contributed by atoms with Gasteiger partial charge in [-0.1, -0.05) is 49.4 Å². The molecule has 0 saturated carbocycles. The molecule has 4 heteroatoms. The Morgan fingerprint density at radius 1 is 0.962 bits per heavy atom. The highest BCUT2D eigenvalue weighted by Crippen LogP contribution is 2.32. The van der Waals surface area contributed by atoms with Crippen LogP contribution in [0.5, 0.6) is 0 Å². The number of likely N-dealkylation sites (tertiary alicyclic amines) is 1. The van der Waals surface area contributed by atoms with Crippen LogP contribution in [0.3, 0.4) is 0 Å². The van der Waals surface area contributed by atoms with Crippen LogP contribution in [0.4, 0.5) is 11.4 Å². The molecule has 2 fully saturated rings. The van der Waals surface area contributed by atoms with Gasteiger partial charge in [0, 0.05) is 32.1 Å². The molecule has 0 aromatic heterocycles. The molecule has 2 aliphatic rings. The highest BCUT2D eigenvalue weighted by Gasteiger charge is 2.26. The number of rotatable bonds is 4. The molecule has 2 aromatic carbocycles. The molecule has 2 saturated heterocycles. The number of aliphatic imine (C=N–C) groups is 1. The van der Waals surface area contributed by atoms with Crippen LogP contribution in [0, 0.1) is 5.92 Å². The molecular formula is C22H27N3O. The number of hydrogen-bond donors (Lipinski definition) is 0. The molecule has 0 aliphatic carbocycles. The van der Waals surface area contributed by atoms with Crippen molar-refractivity contribution in [2.45, 2.75) is 19.9 Å². The van der Waals surface area contributed by atoms with Gasteiger partial charge in [-0.3, -0.25) is 0 Å². The second kappa shape index (κ2) is 7.92. The summed E-state index contributed by atoms with van der Waals surface area (Å²) < 4.78 is 5.51. The van der Waals surface area contributed by atoms with Crippen molar-refractivity contribution in [3.8, 4) is 0 Å². The van der Waals surface area contributed by atoms with Crippen molar-refractivity contribution in [1.82, 2.24) is 4.90 Å². The zero-order valence-electron chi connectivity index (χ0n) is 15.5. The average Bonchev–Trinajstić information content (AvgIpc) is 3.03. The van der Waals surface area contributed by atoms with Gasteiger partial charge in [0.1, 0.15) is 5.84 Å². The van der Waals surface area contributed by atoms with Crippen LogP contribution >= 0.6 is 0 Å². The molecule has 0 radical (unpaired) electrons. The molecular weight excluding hydrogens is 322 g/mol. The van der Waals surface area contributed by atoms with E-state index < -0.39 is 0 Å². The van der Waals surface area contributed by atoms with Gasteiger partial charge in [-0.2, -0.15) is 0 Å². The fourth-order valence-electron chi connectivity index (χ4n) is 3.80. The van der Waals surface area contributed by atoms with E-state index in [1.165, 1.54) is 23.5 Å². The zero-order valence-corrected chi connectivity index (χ0v) is 15.5. The number of amidine groups is 1. The van der Waals surface area contributed by atoms with Crippen LogP contribution in [0.2, 0.25) is 0 Å². The lowest BCUT2D eigenvalue weighted by Crippen LogP contribution is -2.36. The van der Waals surface area contributed by atoms with Crippen molar-refractivity contribution < 1.29 is 4.74 Å². The van der Waals surface area contributed by atoms with Crippen molar-refractivity contribution >= 4 is 17.2 Å². The van der Waals surface area contributed by atoms with Gasteiger partial charge < -0.3 is 14.5 Å². The summed E-state index contributed by atoms with van der Waals surface area (Å²) in [7, 11) is 0. The minimum Gasteiger partial charge on any atom is -0.378 e. The summed E-state index contributed by atoms with van der Waals surface area (Å²) >= 11 is 0. The number of ether oxygens (including phenoxy) is 1. The Morgan fingerprint density at radius 3 is 2.50 bits per heavy atom. The van der Waals surface area contributed by atoms with Crippen LogP contribution in [0.25, 0.3) is 0 Å². The van der Waals surface area contributed by atoms with Crippen molar-refractivity contribution in [1.29, 1.82) is 0 Å². The number of benzene rings is 2. The molecule has 0 spiro atoms. The Labute approximate surface area is 156 Å². The minimum atomic E-state index is 0.497. The molecule has 2 aliphatic heterocycles. The molecule has 4 rings (SSSR count). The summed E-state index contributed by atoms with van der Waals surface area (Å²) in [5, 5.41) is 0. The normalized spacial score (nSPS) is 22.2. The zero-order chi connectivity index (χ0) is 17.8. The molecule has 0 N–H and O–H groups in total. The molecule has 0 amide bonds. The molecule has 136 valence electrons. The monoisotopic (exact) mass is 349 g/mol. The topological polar surface area (TPSA) is 28.1 Å². The summed E-state index contributed by atoms with van der Waals surface area (Å²) in [6, 6.07) is 19.2. The van der Waals surface area contributed by atoms with Gasteiger partial charge in [0.05, 0.1) is 24.6 Å². The van der Waals surface area contributed by atoms with Gasteiger partial charge in [0.15, 0.2) is 0 Å². The third-order valence-electron chi connectivity index (χ3n) is 5.28. The molecule has 0 bridgehead atoms. The molecule has 2 heterocycles. The van der Waals surface area contributed by atoms with Crippen LogP contribution < -0.4 is 4.90 Å². The van der Waals surface area contributed by atoms with Gasteiger partial charge in [0.25, 0.3) is 0 Å². The summed E-state index contributed by atoms with van der Waals surface area (Å²) in [4.78, 5) is 9.99. The molecule has 1 atom stereocenters. The van der Waals surface area contributed by atoms with Crippen molar-refractivity contribution in [3.05, 3.63) is 60.2 Å². The first-order valence-corrected chi connectivity index (χ1v) is 9.60. The maximum atomic E-state index is 5.51. The van der Waals surface area contributed by atoms with E-state index in [9.17, 15) is 0 Å². The van der Waals surface area contributed by atoms with Crippen LogP contribution in [0.1, 0.15) is 18.9 Å². The Bertz CT molecular complexity index is 753. The van der Waals surface area contributed by atoms with Gasteiger partial charge >= 0.3 is 0 Å². The maximum Gasteiger partial charge on any atom is 0.108 e. The molecule has 2 aromatic rings. The Hall–Kier alpha value is -2.33. The summed E-state index contributed by atoms with van der Waals surface area (Å²) in [5.41, 5.74) is 3.65. The largest absolute Gasteiger partial charge is 0.378 e. The third kappa shape index (κ3) is 3.75. The Balaban J connectivity index is 1.61. The van der Waals surface area contributed by atoms with Crippen LogP contribution in [-0.4, -0.2) is 43.6 Å². The van der Waals surface area contributed by atoms with Crippen LogP contribution in [0.15, 0.2) is 59.6 Å². The smallest absolute Gasteiger partial charge is 0.108 e. The van der Waals surface area contributed by atoms with E-state index in [-0.39, 0.29) is 0 Å². The second-order valence-corrected chi connectivity index (χ2v) is 7.16. The minimum absolute atomic E-state index is 0.497. The average molecular weight is 349 g/mol. The first-order valence-electron chi connectivity index (χ1n) is 9.60. The fourth-order valence-corrected chi connectivity index (χ4v) is 3.80. The Kier molecular flexibility index (Phi) is 5.21. The number of hydrogen-bond acceptors (Lipinski definition) is 3. The van der Waals surface area contributed by atoms with Crippen LogP contribution in [-0.2, 0) is 11.3 Å². The molecule has 1 unspecified atom stereocenters. The van der Waals surface area contributed by atoms with Crippen molar-refractivity contribution in [3.63, 3.8) is 0 Å². The first kappa shape index (κ1) is 17.1. The predicted octanol–water partition coefficient (Wildman–Crippen LogP) is 4.10. The van der Waals surface area contributed by atoms with E-state index >= 15 is 0 Å². The number of anilines is 1. The second-order valence-electron chi connectivity index (χ2n) is 7.16. The summed E-state index contributed by atoms with van der Waals surface area (Å²) in [6.45, 7) is 7.76. The Morgan fingerprint density at radius 2 is 1.69 bits per heavy atom. The quantitative estimate of drug-likeness (QED) is 0.832. The summed E-state index contributed by atoms with van der Waals surface area (Å²) in [5.74, 6) is 1.71. The maximum absolute atomic E-state index is 5.51. The third-order valence-corrected chi connectivity index (χ3v) is 5.28. The van der Waals surface area contributed by atoms with E-state index in [4.69, 9.17) is 9.73 Å². The highest BCUT2D eigenvalue weighted by atomic mass is 16.5. The first-order chi connectivity index (χ1) is 12.8. The van der Waals surface area contributed by atoms with Gasteiger partial charge in [-0.15, -0.1) is 0 Å². The van der Waals surface area contributed by atoms with E-state index in [0.717, 1.165) is 45.1 Å². The van der Waals surface area contributed by atoms with E-state index in [0.29, 0.717) is 5.92 Å². The van der Waals surface area contributed by atoms with Crippen molar-refractivity contribution in [2.24, 2.45) is 10.9 Å². The number of para-hydroxylation sites is 2. The van der Waals surface area contributed by atoms with Crippen molar-refractivity contribution in [2.75, 3.05) is 37.7 Å². The molecule has 26 heavy (non-hydrogen) atoms. The standard InChI is InChI=1S/C22H27N3O/c1-18-11-12-25(17-19-7-3-2-4-8-19)22(18)23-20-9-5-6-10-21(20)24-13-15-26-16-14-24/h2-10,18H,11-17H2,1H3/b23-22+. The lowest BCUT2D eigenvalue weighted by atomic mass is 10.1. The van der Waals surface area contributed by atoms with E-state index in [1.54, 1.807) is 0 Å². The fraction of sp³-hybridized carbons (Fsp3) is 0.409. The van der Waals surface area contributed by atoms with Gasteiger partial charge in [-0.25, -0.2) is 4.99 Å². The SMILES string of the molecule is CC1CCN(Cc2ccccc2)/C1=N/c1ccccc1N1CCOCC1. The highest BCUT2D eigenvalue weighted by molar-refractivity contribution is 5.90. The lowest BCUT2D eigenvalue weighted by Gasteiger charge is -2.30. The summed E-state index contributed by atoms with van der Waals surface area (Å²) in [6.07, 6.45) is 1.17.